The van der Waals surface area contributed by atoms with Crippen molar-refractivity contribution in [2.45, 2.75) is 16.2 Å². The van der Waals surface area contributed by atoms with E-state index in [0.717, 1.165) is 23.9 Å². The molecule has 3 nitrogen and oxygen atoms in total. The minimum Gasteiger partial charge on any atom is -0.254 e. The second-order valence-corrected chi connectivity index (χ2v) is 3.98. The van der Waals surface area contributed by atoms with Crippen molar-refractivity contribution >= 4 is 11.8 Å². The van der Waals surface area contributed by atoms with E-state index in [-0.39, 0.29) is 0 Å². The first-order chi connectivity index (χ1) is 7.55. The molecule has 0 spiro atoms. The summed E-state index contributed by atoms with van der Waals surface area (Å²) in [4.78, 5) is 4.28. The highest BCUT2D eigenvalue weighted by molar-refractivity contribution is 7.99. The first kappa shape index (κ1) is 11.0. The summed E-state index contributed by atoms with van der Waals surface area (Å²) in [5.41, 5.74) is -0.669. The molecule has 1 aromatic carbocycles. The largest absolute Gasteiger partial charge is 0.416 e. The molecule has 1 N–H and O–H groups in total. The van der Waals surface area contributed by atoms with E-state index in [9.17, 15) is 13.2 Å². The Morgan fingerprint density at radius 1 is 1.25 bits per heavy atom. The predicted octanol–water partition coefficient (Wildman–Crippen LogP) is 2.97. The molecule has 0 radical (unpaired) electrons. The van der Waals surface area contributed by atoms with Gasteiger partial charge in [-0.05, 0) is 18.2 Å². The molecule has 1 heterocycles. The summed E-state index contributed by atoms with van der Waals surface area (Å²) >= 11 is 1.10. The number of nitrogens with zero attached hydrogens (tertiary/aromatic N) is 2. The van der Waals surface area contributed by atoms with E-state index in [4.69, 9.17) is 0 Å². The van der Waals surface area contributed by atoms with E-state index in [0.29, 0.717) is 10.1 Å². The van der Waals surface area contributed by atoms with Gasteiger partial charge in [0.05, 0.1) is 5.56 Å². The van der Waals surface area contributed by atoms with Gasteiger partial charge in [0.25, 0.3) is 0 Å². The van der Waals surface area contributed by atoms with E-state index in [2.05, 4.69) is 15.2 Å². The molecule has 84 valence electrons. The van der Waals surface area contributed by atoms with Gasteiger partial charge in [0.15, 0.2) is 5.16 Å². The van der Waals surface area contributed by atoms with Crippen LogP contribution in [0, 0.1) is 0 Å². The van der Waals surface area contributed by atoms with Crippen molar-refractivity contribution in [3.05, 3.63) is 36.2 Å². The molecule has 2 aromatic rings. The maximum Gasteiger partial charge on any atom is 0.416 e. The SMILES string of the molecule is FC(F)(F)c1cccc(Sc2ncn[nH]2)c1. The van der Waals surface area contributed by atoms with Gasteiger partial charge in [-0.1, -0.05) is 17.8 Å². The third-order valence-electron chi connectivity index (χ3n) is 1.77. The fraction of sp³-hybridized carbons (Fsp3) is 0.111. The molecule has 0 aliphatic rings. The van der Waals surface area contributed by atoms with Gasteiger partial charge in [-0.25, -0.2) is 4.98 Å². The van der Waals surface area contributed by atoms with Gasteiger partial charge in [-0.15, -0.1) is 0 Å². The van der Waals surface area contributed by atoms with Crippen LogP contribution in [0.3, 0.4) is 0 Å². The number of alkyl halides is 3. The van der Waals surface area contributed by atoms with Gasteiger partial charge in [-0.3, -0.25) is 5.10 Å². The van der Waals surface area contributed by atoms with Crippen molar-refractivity contribution in [2.75, 3.05) is 0 Å². The molecule has 0 unspecified atom stereocenters. The van der Waals surface area contributed by atoms with Crippen molar-refractivity contribution in [3.8, 4) is 0 Å². The lowest BCUT2D eigenvalue weighted by Gasteiger charge is -2.07. The van der Waals surface area contributed by atoms with Crippen molar-refractivity contribution in [1.29, 1.82) is 0 Å². The lowest BCUT2D eigenvalue weighted by atomic mass is 10.2. The Labute approximate surface area is 93.1 Å². The molecule has 0 aliphatic carbocycles. The Morgan fingerprint density at radius 3 is 2.69 bits per heavy atom. The molecule has 2 rings (SSSR count). The zero-order valence-electron chi connectivity index (χ0n) is 7.82. The highest BCUT2D eigenvalue weighted by atomic mass is 32.2. The summed E-state index contributed by atoms with van der Waals surface area (Å²) in [5, 5.41) is 6.63. The van der Waals surface area contributed by atoms with Gasteiger partial charge in [-0.2, -0.15) is 18.3 Å². The number of rotatable bonds is 2. The molecule has 0 atom stereocenters. The Morgan fingerprint density at radius 2 is 2.06 bits per heavy atom. The quantitative estimate of drug-likeness (QED) is 0.884. The normalized spacial score (nSPS) is 11.7. The number of benzene rings is 1. The Kier molecular flexibility index (Phi) is 2.86. The number of nitrogens with one attached hydrogen (secondary N) is 1. The summed E-state index contributed by atoms with van der Waals surface area (Å²) in [6, 6.07) is 5.06. The van der Waals surface area contributed by atoms with Crippen LogP contribution in [0.15, 0.2) is 40.6 Å². The molecule has 1 aromatic heterocycles. The first-order valence-corrected chi connectivity index (χ1v) is 5.08. The number of hydrogen-bond donors (Lipinski definition) is 1. The molecule has 0 amide bonds. The molecule has 7 heteroatoms. The smallest absolute Gasteiger partial charge is 0.254 e. The Bertz CT molecular complexity index is 467. The van der Waals surface area contributed by atoms with Crippen molar-refractivity contribution in [3.63, 3.8) is 0 Å². The number of halogens is 3. The molecule has 0 saturated carbocycles. The van der Waals surface area contributed by atoms with Gasteiger partial charge in [0.1, 0.15) is 6.33 Å². The number of aromatic nitrogens is 3. The van der Waals surface area contributed by atoms with Crippen LogP contribution in [-0.2, 0) is 6.18 Å². The van der Waals surface area contributed by atoms with Crippen molar-refractivity contribution in [2.24, 2.45) is 0 Å². The summed E-state index contributed by atoms with van der Waals surface area (Å²) < 4.78 is 37.2. The predicted molar refractivity (Wildman–Crippen MR) is 51.9 cm³/mol. The van der Waals surface area contributed by atoms with Gasteiger partial charge >= 0.3 is 6.18 Å². The van der Waals surface area contributed by atoms with Crippen LogP contribution in [0.2, 0.25) is 0 Å². The molecule has 16 heavy (non-hydrogen) atoms. The molecular weight excluding hydrogens is 239 g/mol. The second kappa shape index (κ2) is 4.17. The van der Waals surface area contributed by atoms with Crippen molar-refractivity contribution in [1.82, 2.24) is 15.2 Å². The number of aromatic amines is 1. The highest BCUT2D eigenvalue weighted by Gasteiger charge is 2.30. The van der Waals surface area contributed by atoms with Gasteiger partial charge in [0, 0.05) is 4.90 Å². The molecular formula is C9H6F3N3S. The maximum atomic E-state index is 12.4. The molecule has 0 fully saturated rings. The van der Waals surface area contributed by atoms with E-state index in [1.807, 2.05) is 0 Å². The summed E-state index contributed by atoms with van der Waals surface area (Å²) in [7, 11) is 0. The third kappa shape index (κ3) is 2.54. The van der Waals surface area contributed by atoms with Crippen LogP contribution < -0.4 is 0 Å². The van der Waals surface area contributed by atoms with E-state index in [1.54, 1.807) is 6.07 Å². The van der Waals surface area contributed by atoms with Gasteiger partial charge < -0.3 is 0 Å². The minimum atomic E-state index is -4.32. The molecule has 0 bridgehead atoms. The maximum absolute atomic E-state index is 12.4. The lowest BCUT2D eigenvalue weighted by molar-refractivity contribution is -0.137. The monoisotopic (exact) mass is 245 g/mol. The second-order valence-electron chi connectivity index (χ2n) is 2.92. The van der Waals surface area contributed by atoms with E-state index < -0.39 is 11.7 Å². The fourth-order valence-corrected chi connectivity index (χ4v) is 1.84. The van der Waals surface area contributed by atoms with Crippen LogP contribution in [0.25, 0.3) is 0 Å². The van der Waals surface area contributed by atoms with Crippen LogP contribution in [0.1, 0.15) is 5.56 Å². The van der Waals surface area contributed by atoms with Crippen LogP contribution in [0.5, 0.6) is 0 Å². The zero-order chi connectivity index (χ0) is 11.6. The van der Waals surface area contributed by atoms with Crippen LogP contribution in [0.4, 0.5) is 13.2 Å². The third-order valence-corrected chi connectivity index (χ3v) is 2.65. The topological polar surface area (TPSA) is 41.6 Å². The Balaban J connectivity index is 2.23. The zero-order valence-corrected chi connectivity index (χ0v) is 8.64. The molecule has 0 saturated heterocycles. The number of hydrogen-bond acceptors (Lipinski definition) is 3. The van der Waals surface area contributed by atoms with Crippen LogP contribution >= 0.6 is 11.8 Å². The van der Waals surface area contributed by atoms with E-state index >= 15 is 0 Å². The summed E-state index contributed by atoms with van der Waals surface area (Å²) in [5.74, 6) is 0. The van der Waals surface area contributed by atoms with Crippen molar-refractivity contribution < 1.29 is 13.2 Å². The Hall–Kier alpha value is -1.50. The standard InChI is InChI=1S/C9H6F3N3S/c10-9(11,12)6-2-1-3-7(4-6)16-8-13-5-14-15-8/h1-5H,(H,13,14,15). The average molecular weight is 245 g/mol. The summed E-state index contributed by atoms with van der Waals surface area (Å²) in [6.45, 7) is 0. The highest BCUT2D eigenvalue weighted by Crippen LogP contribution is 2.33. The van der Waals surface area contributed by atoms with E-state index in [1.165, 1.54) is 12.4 Å². The first-order valence-electron chi connectivity index (χ1n) is 4.26. The molecule has 0 aliphatic heterocycles. The average Bonchev–Trinajstić information content (AvgIpc) is 2.70. The van der Waals surface area contributed by atoms with Gasteiger partial charge in [0.2, 0.25) is 0 Å². The minimum absolute atomic E-state index is 0.458. The fourth-order valence-electron chi connectivity index (χ4n) is 1.09. The number of H-pyrrole nitrogens is 1. The summed E-state index contributed by atoms with van der Waals surface area (Å²) in [6.07, 6.45) is -3.02. The van der Waals surface area contributed by atoms with Crippen LogP contribution in [-0.4, -0.2) is 15.2 Å². The lowest BCUT2D eigenvalue weighted by Crippen LogP contribution is -2.04.